The van der Waals surface area contributed by atoms with Crippen LogP contribution < -0.4 is 5.32 Å². The lowest BCUT2D eigenvalue weighted by Gasteiger charge is -2.24. The van der Waals surface area contributed by atoms with Gasteiger partial charge in [-0.1, -0.05) is 48.5 Å². The van der Waals surface area contributed by atoms with Crippen molar-refractivity contribution in [1.82, 2.24) is 5.32 Å². The summed E-state index contributed by atoms with van der Waals surface area (Å²) in [5, 5.41) is 2.98. The van der Waals surface area contributed by atoms with Gasteiger partial charge in [-0.15, -0.1) is 0 Å². The van der Waals surface area contributed by atoms with E-state index < -0.39 is 0 Å². The first kappa shape index (κ1) is 14.3. The number of hydrogen-bond donors (Lipinski definition) is 1. The van der Waals surface area contributed by atoms with Crippen molar-refractivity contribution in [2.45, 2.75) is 19.1 Å². The molecule has 0 fully saturated rings. The first-order valence-corrected chi connectivity index (χ1v) is 6.66. The molecule has 20 heavy (non-hydrogen) atoms. The zero-order valence-electron chi connectivity index (χ0n) is 11.7. The van der Waals surface area contributed by atoms with Crippen molar-refractivity contribution in [3.63, 3.8) is 0 Å². The molecule has 0 aliphatic carbocycles. The summed E-state index contributed by atoms with van der Waals surface area (Å²) >= 11 is 0. The molecule has 0 radical (unpaired) electrons. The molecular formula is C17H19NO2. The summed E-state index contributed by atoms with van der Waals surface area (Å²) in [6, 6.07) is 19.0. The van der Waals surface area contributed by atoms with Crippen molar-refractivity contribution < 1.29 is 9.53 Å². The Morgan fingerprint density at radius 1 is 1.00 bits per heavy atom. The molecule has 0 bridgehead atoms. The largest absolute Gasteiger partial charge is 0.375 e. The first-order valence-electron chi connectivity index (χ1n) is 6.66. The van der Waals surface area contributed by atoms with Crippen LogP contribution in [0.15, 0.2) is 60.7 Å². The van der Waals surface area contributed by atoms with Gasteiger partial charge in [-0.2, -0.15) is 0 Å². The monoisotopic (exact) mass is 269 g/mol. The molecule has 2 aromatic rings. The molecule has 0 heterocycles. The zero-order valence-corrected chi connectivity index (χ0v) is 11.7. The average molecular weight is 269 g/mol. The van der Waals surface area contributed by atoms with Gasteiger partial charge in [0, 0.05) is 12.7 Å². The van der Waals surface area contributed by atoms with Crippen molar-refractivity contribution in [3.05, 3.63) is 71.8 Å². The summed E-state index contributed by atoms with van der Waals surface area (Å²) in [4.78, 5) is 12.1. The van der Waals surface area contributed by atoms with Gasteiger partial charge < -0.3 is 10.1 Å². The van der Waals surface area contributed by atoms with Crippen LogP contribution in [-0.4, -0.2) is 19.1 Å². The van der Waals surface area contributed by atoms with E-state index in [0.717, 1.165) is 5.56 Å². The van der Waals surface area contributed by atoms with Gasteiger partial charge in [0.05, 0.1) is 6.04 Å². The van der Waals surface area contributed by atoms with Gasteiger partial charge in [0.2, 0.25) is 0 Å². The number of amides is 1. The molecule has 0 saturated heterocycles. The molecule has 2 rings (SSSR count). The third-order valence-corrected chi connectivity index (χ3v) is 3.23. The van der Waals surface area contributed by atoms with E-state index >= 15 is 0 Å². The standard InChI is InChI=1S/C17H19NO2/c1-13(16(20-2)14-9-5-3-6-10-14)18-17(19)15-11-7-4-8-12-15/h3-13,16H,1-2H3,(H,18,19). The van der Waals surface area contributed by atoms with Crippen LogP contribution in [0.3, 0.4) is 0 Å². The van der Waals surface area contributed by atoms with Gasteiger partial charge in [-0.05, 0) is 24.6 Å². The van der Waals surface area contributed by atoms with Crippen molar-refractivity contribution in [2.24, 2.45) is 0 Å². The Morgan fingerprint density at radius 2 is 1.55 bits per heavy atom. The third-order valence-electron chi connectivity index (χ3n) is 3.23. The minimum atomic E-state index is -0.163. The maximum atomic E-state index is 12.1. The Kier molecular flexibility index (Phi) is 4.91. The molecule has 2 atom stereocenters. The molecule has 0 spiro atoms. The van der Waals surface area contributed by atoms with Crippen LogP contribution in [0.5, 0.6) is 0 Å². The van der Waals surface area contributed by atoms with E-state index in [9.17, 15) is 4.79 Å². The Morgan fingerprint density at radius 3 is 2.10 bits per heavy atom. The number of rotatable bonds is 5. The molecule has 0 aromatic heterocycles. The number of carbonyl (C=O) groups excluding carboxylic acids is 1. The lowest BCUT2D eigenvalue weighted by atomic mass is 10.0. The van der Waals surface area contributed by atoms with Crippen LogP contribution in [0.4, 0.5) is 0 Å². The molecule has 0 aliphatic heterocycles. The molecule has 104 valence electrons. The van der Waals surface area contributed by atoms with Crippen LogP contribution in [-0.2, 0) is 4.74 Å². The number of ether oxygens (including phenoxy) is 1. The average Bonchev–Trinajstić information content (AvgIpc) is 2.50. The van der Waals surface area contributed by atoms with Crippen LogP contribution in [0, 0.1) is 0 Å². The summed E-state index contributed by atoms with van der Waals surface area (Å²) in [6.07, 6.45) is -0.163. The summed E-state index contributed by atoms with van der Waals surface area (Å²) in [7, 11) is 1.66. The molecule has 2 aromatic carbocycles. The Hall–Kier alpha value is -2.13. The minimum absolute atomic E-state index is 0.0870. The highest BCUT2D eigenvalue weighted by Gasteiger charge is 2.20. The lowest BCUT2D eigenvalue weighted by molar-refractivity contribution is 0.0645. The van der Waals surface area contributed by atoms with Crippen LogP contribution >= 0.6 is 0 Å². The number of benzene rings is 2. The van der Waals surface area contributed by atoms with Crippen LogP contribution in [0.2, 0.25) is 0 Å². The predicted octanol–water partition coefficient (Wildman–Crippen LogP) is 3.19. The van der Waals surface area contributed by atoms with Crippen molar-refractivity contribution in [1.29, 1.82) is 0 Å². The Bertz CT molecular complexity index is 539. The highest BCUT2D eigenvalue weighted by molar-refractivity contribution is 5.94. The van der Waals surface area contributed by atoms with E-state index in [1.54, 1.807) is 19.2 Å². The SMILES string of the molecule is COC(c1ccccc1)C(C)NC(=O)c1ccccc1. The Balaban J connectivity index is 2.07. The van der Waals surface area contributed by atoms with Gasteiger partial charge in [-0.25, -0.2) is 0 Å². The molecule has 3 nitrogen and oxygen atoms in total. The smallest absolute Gasteiger partial charge is 0.251 e. The second kappa shape index (κ2) is 6.87. The van der Waals surface area contributed by atoms with E-state index in [1.165, 1.54) is 0 Å². The summed E-state index contributed by atoms with van der Waals surface area (Å²) in [5.41, 5.74) is 1.71. The number of carbonyl (C=O) groups is 1. The summed E-state index contributed by atoms with van der Waals surface area (Å²) < 4.78 is 5.52. The van der Waals surface area contributed by atoms with Crippen molar-refractivity contribution in [2.75, 3.05) is 7.11 Å². The molecule has 2 unspecified atom stereocenters. The van der Waals surface area contributed by atoms with E-state index in [0.29, 0.717) is 5.56 Å². The fourth-order valence-electron chi connectivity index (χ4n) is 2.23. The molecule has 0 aliphatic rings. The number of methoxy groups -OCH3 is 1. The van der Waals surface area contributed by atoms with Gasteiger partial charge in [0.1, 0.15) is 6.10 Å². The predicted molar refractivity (Wildman–Crippen MR) is 79.6 cm³/mol. The minimum Gasteiger partial charge on any atom is -0.375 e. The van der Waals surface area contributed by atoms with E-state index in [4.69, 9.17) is 4.74 Å². The Labute approximate surface area is 119 Å². The number of nitrogens with one attached hydrogen (secondary N) is 1. The zero-order chi connectivity index (χ0) is 14.4. The first-order chi connectivity index (χ1) is 9.72. The van der Waals surface area contributed by atoms with E-state index in [2.05, 4.69) is 5.32 Å². The second-order valence-electron chi connectivity index (χ2n) is 4.70. The van der Waals surface area contributed by atoms with Gasteiger partial charge in [0.25, 0.3) is 5.91 Å². The lowest BCUT2D eigenvalue weighted by Crippen LogP contribution is -2.37. The summed E-state index contributed by atoms with van der Waals surface area (Å²) in [6.45, 7) is 1.95. The van der Waals surface area contributed by atoms with Crippen molar-refractivity contribution in [3.8, 4) is 0 Å². The number of hydrogen-bond acceptors (Lipinski definition) is 2. The summed E-state index contributed by atoms with van der Waals surface area (Å²) in [5.74, 6) is -0.0870. The normalized spacial score (nSPS) is 13.5. The maximum Gasteiger partial charge on any atom is 0.251 e. The van der Waals surface area contributed by atoms with Gasteiger partial charge >= 0.3 is 0 Å². The second-order valence-corrected chi connectivity index (χ2v) is 4.70. The molecule has 0 saturated carbocycles. The van der Waals surface area contributed by atoms with Gasteiger partial charge in [0.15, 0.2) is 0 Å². The van der Waals surface area contributed by atoms with E-state index in [1.807, 2.05) is 55.5 Å². The third kappa shape index (κ3) is 3.45. The van der Waals surface area contributed by atoms with Gasteiger partial charge in [-0.3, -0.25) is 4.79 Å². The molecule has 3 heteroatoms. The topological polar surface area (TPSA) is 38.3 Å². The van der Waals surface area contributed by atoms with E-state index in [-0.39, 0.29) is 18.1 Å². The highest BCUT2D eigenvalue weighted by Crippen LogP contribution is 2.20. The quantitative estimate of drug-likeness (QED) is 0.905. The fourth-order valence-corrected chi connectivity index (χ4v) is 2.23. The molecule has 1 N–H and O–H groups in total. The maximum absolute atomic E-state index is 12.1. The fraction of sp³-hybridized carbons (Fsp3) is 0.235. The highest BCUT2D eigenvalue weighted by atomic mass is 16.5. The molecular weight excluding hydrogens is 250 g/mol. The molecule has 1 amide bonds. The van der Waals surface area contributed by atoms with Crippen LogP contribution in [0.1, 0.15) is 28.9 Å². The van der Waals surface area contributed by atoms with Crippen LogP contribution in [0.25, 0.3) is 0 Å². The van der Waals surface area contributed by atoms with Crippen molar-refractivity contribution >= 4 is 5.91 Å².